The number of nitrogens with zero attached hydrogens (tertiary/aromatic N) is 1. The van der Waals surface area contributed by atoms with E-state index in [0.29, 0.717) is 0 Å². The average Bonchev–Trinajstić information content (AvgIpc) is 2.15. The molecule has 0 atom stereocenters. The van der Waals surface area contributed by atoms with Crippen molar-refractivity contribution in [1.29, 1.82) is 0 Å². The molecule has 0 aliphatic carbocycles. The third kappa shape index (κ3) is 2.63. The van der Waals surface area contributed by atoms with Crippen molar-refractivity contribution in [2.75, 3.05) is 0 Å². The number of hydrogen-bond acceptors (Lipinski definition) is 5. The molecular formula is C7H5N2O5-. The van der Waals surface area contributed by atoms with Gasteiger partial charge in [-0.05, 0) is 12.1 Å². The predicted octanol–water partition coefficient (Wildman–Crippen LogP) is -0.178. The van der Waals surface area contributed by atoms with E-state index in [1.165, 1.54) is 24.3 Å². The first-order chi connectivity index (χ1) is 6.59. The normalized spacial score (nSPS) is 9.14. The average molecular weight is 197 g/mol. The van der Waals surface area contributed by atoms with Crippen molar-refractivity contribution in [3.05, 3.63) is 34.4 Å². The largest absolute Gasteiger partial charge is 0.528 e. The third-order valence-electron chi connectivity index (χ3n) is 1.30. The molecule has 1 rings (SSSR count). The summed E-state index contributed by atoms with van der Waals surface area (Å²) in [4.78, 5) is 24.0. The topological polar surface area (TPSA) is 105 Å². The van der Waals surface area contributed by atoms with Gasteiger partial charge in [-0.15, -0.1) is 0 Å². The summed E-state index contributed by atoms with van der Waals surface area (Å²) < 4.78 is 0. The molecule has 0 spiro atoms. The predicted molar refractivity (Wildman–Crippen MR) is 42.3 cm³/mol. The summed E-state index contributed by atoms with van der Waals surface area (Å²) in [5.41, 5.74) is 1.44. The van der Waals surface area contributed by atoms with Gasteiger partial charge < -0.3 is 14.7 Å². The molecule has 0 bridgehead atoms. The van der Waals surface area contributed by atoms with E-state index in [1.54, 1.807) is 5.48 Å². The van der Waals surface area contributed by atoms with Gasteiger partial charge in [0.2, 0.25) is 0 Å². The second kappa shape index (κ2) is 4.08. The van der Waals surface area contributed by atoms with Crippen LogP contribution in [0.2, 0.25) is 0 Å². The van der Waals surface area contributed by atoms with Gasteiger partial charge in [-0.1, -0.05) is 0 Å². The molecule has 0 unspecified atom stereocenters. The molecular weight excluding hydrogens is 192 g/mol. The molecule has 0 fully saturated rings. The molecule has 0 aliphatic heterocycles. The number of carboxylic acid groups (broad SMARTS) is 1. The molecule has 1 N–H and O–H groups in total. The molecule has 1 amide bonds. The van der Waals surface area contributed by atoms with Gasteiger partial charge >= 0.3 is 0 Å². The first-order valence-electron chi connectivity index (χ1n) is 3.48. The number of carbonyl (C=O) groups is 1. The Kier molecular flexibility index (Phi) is 2.85. The van der Waals surface area contributed by atoms with E-state index in [4.69, 9.17) is 0 Å². The lowest BCUT2D eigenvalue weighted by Crippen LogP contribution is -2.38. The van der Waals surface area contributed by atoms with Crippen LogP contribution in [-0.4, -0.2) is 11.0 Å². The summed E-state index contributed by atoms with van der Waals surface area (Å²) >= 11 is 0. The molecule has 74 valence electrons. The van der Waals surface area contributed by atoms with E-state index in [9.17, 15) is 20.0 Å². The van der Waals surface area contributed by atoms with Gasteiger partial charge in [0.15, 0.2) is 11.8 Å². The lowest BCUT2D eigenvalue weighted by Gasteiger charge is -2.06. The Hall–Kier alpha value is -2.31. The fourth-order valence-electron chi connectivity index (χ4n) is 0.736. The lowest BCUT2D eigenvalue weighted by molar-refractivity contribution is -0.384. The lowest BCUT2D eigenvalue weighted by atomic mass is 10.3. The zero-order valence-electron chi connectivity index (χ0n) is 6.80. The summed E-state index contributed by atoms with van der Waals surface area (Å²) in [5.74, 6) is 0.139. The zero-order chi connectivity index (χ0) is 10.6. The van der Waals surface area contributed by atoms with Crippen molar-refractivity contribution in [2.24, 2.45) is 0 Å². The molecule has 0 saturated carbocycles. The van der Waals surface area contributed by atoms with Crippen molar-refractivity contribution in [3.8, 4) is 5.75 Å². The van der Waals surface area contributed by atoms with E-state index in [0.717, 1.165) is 0 Å². The van der Waals surface area contributed by atoms with Gasteiger partial charge in [0.25, 0.3) is 5.69 Å². The number of nitro groups is 1. The third-order valence-corrected chi connectivity index (χ3v) is 1.30. The maximum Gasteiger partial charge on any atom is 0.269 e. The molecule has 7 heteroatoms. The van der Waals surface area contributed by atoms with Crippen molar-refractivity contribution < 1.29 is 19.7 Å². The molecule has 7 nitrogen and oxygen atoms in total. The van der Waals surface area contributed by atoms with E-state index >= 15 is 0 Å². The highest BCUT2D eigenvalue weighted by Gasteiger charge is 2.03. The SMILES string of the molecule is O=C([O-])NOc1ccc([N+](=O)[O-])cc1. The quantitative estimate of drug-likeness (QED) is 0.534. The summed E-state index contributed by atoms with van der Waals surface area (Å²) in [6.07, 6.45) is -1.59. The van der Waals surface area contributed by atoms with Crippen LogP contribution < -0.4 is 15.4 Å². The number of non-ortho nitro benzene ring substituents is 1. The molecule has 0 aliphatic rings. The van der Waals surface area contributed by atoms with Gasteiger partial charge in [-0.2, -0.15) is 0 Å². The highest BCUT2D eigenvalue weighted by Crippen LogP contribution is 2.16. The van der Waals surface area contributed by atoms with Crippen LogP contribution in [0.1, 0.15) is 0 Å². The van der Waals surface area contributed by atoms with Crippen LogP contribution in [0.25, 0.3) is 0 Å². The number of hydroxylamine groups is 1. The maximum absolute atomic E-state index is 10.2. The van der Waals surface area contributed by atoms with Crippen molar-refractivity contribution in [3.63, 3.8) is 0 Å². The molecule has 1 aromatic rings. The Morgan fingerprint density at radius 3 is 2.36 bits per heavy atom. The minimum atomic E-state index is -1.59. The van der Waals surface area contributed by atoms with Gasteiger partial charge in [0.1, 0.15) is 0 Å². The molecule has 14 heavy (non-hydrogen) atoms. The highest BCUT2D eigenvalue weighted by atomic mass is 16.7. The number of hydrogen-bond donors (Lipinski definition) is 1. The summed E-state index contributed by atoms with van der Waals surface area (Å²) in [6, 6.07) is 4.89. The molecule has 0 saturated heterocycles. The molecule has 1 aromatic carbocycles. The number of nitro benzene ring substituents is 1. The number of benzene rings is 1. The van der Waals surface area contributed by atoms with Crippen LogP contribution in [0, 0.1) is 10.1 Å². The standard InChI is InChI=1S/C7H6N2O5/c10-7(11)8-14-6-3-1-5(2-4-6)9(12)13/h1-4,8H,(H,10,11)/p-1. The van der Waals surface area contributed by atoms with Crippen LogP contribution in [0.3, 0.4) is 0 Å². The second-order valence-electron chi connectivity index (χ2n) is 2.24. The van der Waals surface area contributed by atoms with E-state index in [2.05, 4.69) is 4.84 Å². The fourth-order valence-corrected chi connectivity index (χ4v) is 0.736. The number of amides is 1. The summed E-state index contributed by atoms with van der Waals surface area (Å²) in [7, 11) is 0. The van der Waals surface area contributed by atoms with Gasteiger partial charge in [0.05, 0.1) is 4.92 Å². The minimum absolute atomic E-state index is 0.106. The Bertz CT molecular complexity index is 348. The number of carbonyl (C=O) groups excluding carboxylic acids is 1. The monoisotopic (exact) mass is 197 g/mol. The van der Waals surface area contributed by atoms with E-state index in [-0.39, 0.29) is 11.4 Å². The Morgan fingerprint density at radius 2 is 1.93 bits per heavy atom. The van der Waals surface area contributed by atoms with Crippen molar-refractivity contribution in [1.82, 2.24) is 5.48 Å². The Morgan fingerprint density at radius 1 is 1.36 bits per heavy atom. The first kappa shape index (κ1) is 9.78. The highest BCUT2D eigenvalue weighted by molar-refractivity contribution is 5.60. The van der Waals surface area contributed by atoms with Gasteiger partial charge in [-0.25, -0.2) is 5.48 Å². The first-order valence-corrected chi connectivity index (χ1v) is 3.48. The van der Waals surface area contributed by atoms with Crippen LogP contribution in [0.15, 0.2) is 24.3 Å². The summed E-state index contributed by atoms with van der Waals surface area (Å²) in [5, 5.41) is 20.1. The van der Waals surface area contributed by atoms with Gasteiger partial charge in [-0.3, -0.25) is 10.1 Å². The van der Waals surface area contributed by atoms with Gasteiger partial charge in [0, 0.05) is 12.1 Å². The second-order valence-corrected chi connectivity index (χ2v) is 2.24. The van der Waals surface area contributed by atoms with Crippen LogP contribution in [0.4, 0.5) is 10.5 Å². The fraction of sp³-hybridized carbons (Fsp3) is 0. The molecule has 0 radical (unpaired) electrons. The Balaban J connectivity index is 2.64. The van der Waals surface area contributed by atoms with E-state index in [1.807, 2.05) is 0 Å². The van der Waals surface area contributed by atoms with Crippen LogP contribution >= 0.6 is 0 Å². The van der Waals surface area contributed by atoms with Crippen molar-refractivity contribution >= 4 is 11.8 Å². The molecule has 0 aromatic heterocycles. The zero-order valence-corrected chi connectivity index (χ0v) is 6.80. The summed E-state index contributed by atoms with van der Waals surface area (Å²) in [6.45, 7) is 0. The maximum atomic E-state index is 10.2. The molecule has 0 heterocycles. The van der Waals surface area contributed by atoms with Crippen LogP contribution in [-0.2, 0) is 0 Å². The van der Waals surface area contributed by atoms with E-state index < -0.39 is 11.0 Å². The Labute approximate surface area is 78.0 Å². The number of rotatable bonds is 3. The van der Waals surface area contributed by atoms with Crippen molar-refractivity contribution in [2.45, 2.75) is 0 Å². The minimum Gasteiger partial charge on any atom is -0.528 e. The number of nitrogens with one attached hydrogen (secondary N) is 1. The smallest absolute Gasteiger partial charge is 0.269 e. The van der Waals surface area contributed by atoms with Crippen LogP contribution in [0.5, 0.6) is 5.75 Å².